The number of urea groups is 1. The Hall–Kier alpha value is -2.45. The molecule has 2 aromatic heterocycles. The molecule has 2 heterocycles. The molecular formula is C19H18N4O2S2. The fraction of sp³-hybridized carbons (Fsp3) is 0.263. The average molecular weight is 399 g/mol. The highest BCUT2D eigenvalue weighted by atomic mass is 32.2. The Bertz CT molecular complexity index is 988. The molecule has 4 rings (SSSR count). The quantitative estimate of drug-likeness (QED) is 0.509. The predicted molar refractivity (Wildman–Crippen MR) is 107 cm³/mol. The molecule has 3 amide bonds. The summed E-state index contributed by atoms with van der Waals surface area (Å²) in [6.45, 7) is 0.376. The van der Waals surface area contributed by atoms with Crippen LogP contribution >= 0.6 is 23.1 Å². The number of imide groups is 1. The molecule has 0 radical (unpaired) electrons. The number of thioether (sulfide) groups is 1. The first-order valence-electron chi connectivity index (χ1n) is 8.70. The predicted octanol–water partition coefficient (Wildman–Crippen LogP) is 3.30. The number of nitrogens with one attached hydrogen (secondary N) is 2. The SMILES string of the molecule is O=C(CSc1ncnc2sc3c(c12)CCC3)NC(=O)NCc1ccccc1. The van der Waals surface area contributed by atoms with Gasteiger partial charge in [-0.3, -0.25) is 10.1 Å². The molecule has 0 saturated heterocycles. The molecule has 0 unspecified atom stereocenters. The molecule has 0 bridgehead atoms. The normalized spacial score (nSPS) is 12.7. The van der Waals surface area contributed by atoms with Crippen LogP contribution in [0.2, 0.25) is 0 Å². The minimum Gasteiger partial charge on any atom is -0.334 e. The van der Waals surface area contributed by atoms with Gasteiger partial charge in [0.1, 0.15) is 16.2 Å². The zero-order valence-electron chi connectivity index (χ0n) is 14.5. The van der Waals surface area contributed by atoms with Crippen molar-refractivity contribution in [3.05, 3.63) is 52.7 Å². The second-order valence-electron chi connectivity index (χ2n) is 6.22. The van der Waals surface area contributed by atoms with Crippen molar-refractivity contribution in [1.29, 1.82) is 0 Å². The minimum atomic E-state index is -0.492. The maximum Gasteiger partial charge on any atom is 0.321 e. The number of hydrogen-bond acceptors (Lipinski definition) is 6. The van der Waals surface area contributed by atoms with Crippen LogP contribution in [0.5, 0.6) is 0 Å². The second kappa shape index (κ2) is 8.06. The topological polar surface area (TPSA) is 84.0 Å². The second-order valence-corrected chi connectivity index (χ2v) is 8.27. The maximum atomic E-state index is 12.1. The van der Waals surface area contributed by atoms with Gasteiger partial charge in [-0.25, -0.2) is 14.8 Å². The Morgan fingerprint density at radius 3 is 2.85 bits per heavy atom. The standard InChI is InChI=1S/C19H18N4O2S2/c24-15(23-19(25)20-9-12-5-2-1-3-6-12)10-26-17-16-13-7-4-8-14(13)27-18(16)22-11-21-17/h1-3,5-6,11H,4,7-10H2,(H2,20,23,24,25). The molecule has 6 nitrogen and oxygen atoms in total. The lowest BCUT2D eigenvalue weighted by Gasteiger charge is -2.07. The number of thiophene rings is 1. The van der Waals surface area contributed by atoms with Crippen LogP contribution in [0.3, 0.4) is 0 Å². The van der Waals surface area contributed by atoms with E-state index in [0.717, 1.165) is 40.1 Å². The summed E-state index contributed by atoms with van der Waals surface area (Å²) >= 11 is 3.07. The van der Waals surface area contributed by atoms with E-state index >= 15 is 0 Å². The van der Waals surface area contributed by atoms with E-state index in [1.165, 1.54) is 22.2 Å². The van der Waals surface area contributed by atoms with Crippen LogP contribution < -0.4 is 10.6 Å². The summed E-state index contributed by atoms with van der Waals surface area (Å²) in [7, 11) is 0. The Labute approximate surface area is 164 Å². The summed E-state index contributed by atoms with van der Waals surface area (Å²) in [5.74, 6) is -0.209. The Kier molecular flexibility index (Phi) is 5.35. The molecule has 2 N–H and O–H groups in total. The first-order chi connectivity index (χ1) is 13.2. The molecule has 8 heteroatoms. The summed E-state index contributed by atoms with van der Waals surface area (Å²) in [6.07, 6.45) is 4.85. The van der Waals surface area contributed by atoms with Gasteiger partial charge in [-0.1, -0.05) is 42.1 Å². The molecule has 0 aliphatic heterocycles. The molecule has 1 aromatic carbocycles. The number of rotatable bonds is 5. The first kappa shape index (κ1) is 17.9. The summed E-state index contributed by atoms with van der Waals surface area (Å²) in [5.41, 5.74) is 2.31. The van der Waals surface area contributed by atoms with E-state index in [2.05, 4.69) is 20.6 Å². The number of nitrogens with zero attached hydrogens (tertiary/aromatic N) is 2. The number of carbonyl (C=O) groups excluding carboxylic acids is 2. The highest BCUT2D eigenvalue weighted by Crippen LogP contribution is 2.39. The highest BCUT2D eigenvalue weighted by molar-refractivity contribution is 8.00. The zero-order chi connectivity index (χ0) is 18.6. The van der Waals surface area contributed by atoms with Gasteiger partial charge in [-0.15, -0.1) is 11.3 Å². The lowest BCUT2D eigenvalue weighted by molar-refractivity contribution is -0.117. The van der Waals surface area contributed by atoms with Gasteiger partial charge in [0.2, 0.25) is 5.91 Å². The van der Waals surface area contributed by atoms with Gasteiger partial charge in [0.25, 0.3) is 0 Å². The van der Waals surface area contributed by atoms with Crippen molar-refractivity contribution in [2.24, 2.45) is 0 Å². The van der Waals surface area contributed by atoms with Crippen molar-refractivity contribution in [3.63, 3.8) is 0 Å². The lowest BCUT2D eigenvalue weighted by atomic mass is 10.2. The van der Waals surface area contributed by atoms with Crippen LogP contribution in [0.1, 0.15) is 22.4 Å². The van der Waals surface area contributed by atoms with E-state index in [0.29, 0.717) is 6.54 Å². The number of hydrogen-bond donors (Lipinski definition) is 2. The molecule has 0 atom stereocenters. The number of amides is 3. The Balaban J connectivity index is 1.33. The molecule has 0 fully saturated rings. The van der Waals surface area contributed by atoms with Crippen LogP contribution in [-0.4, -0.2) is 27.7 Å². The van der Waals surface area contributed by atoms with Crippen molar-refractivity contribution >= 4 is 45.3 Å². The smallest absolute Gasteiger partial charge is 0.321 e. The van der Waals surface area contributed by atoms with E-state index in [9.17, 15) is 9.59 Å². The van der Waals surface area contributed by atoms with Crippen LogP contribution in [0, 0.1) is 0 Å². The number of benzene rings is 1. The van der Waals surface area contributed by atoms with Gasteiger partial charge >= 0.3 is 6.03 Å². The molecule has 1 aliphatic rings. The van der Waals surface area contributed by atoms with Gasteiger partial charge in [0, 0.05) is 16.8 Å². The molecule has 0 saturated carbocycles. The van der Waals surface area contributed by atoms with Crippen molar-refractivity contribution in [3.8, 4) is 0 Å². The molecule has 1 aliphatic carbocycles. The summed E-state index contributed by atoms with van der Waals surface area (Å²) in [4.78, 5) is 35.1. The number of aromatic nitrogens is 2. The van der Waals surface area contributed by atoms with Crippen molar-refractivity contribution in [1.82, 2.24) is 20.6 Å². The van der Waals surface area contributed by atoms with Gasteiger partial charge < -0.3 is 5.32 Å². The number of fused-ring (bicyclic) bond motifs is 3. The van der Waals surface area contributed by atoms with Gasteiger partial charge in [0.15, 0.2) is 0 Å². The minimum absolute atomic E-state index is 0.134. The Morgan fingerprint density at radius 1 is 1.15 bits per heavy atom. The third-order valence-electron chi connectivity index (χ3n) is 4.36. The number of carbonyl (C=O) groups is 2. The maximum absolute atomic E-state index is 12.1. The first-order valence-corrected chi connectivity index (χ1v) is 10.5. The van der Waals surface area contributed by atoms with Crippen LogP contribution in [0.15, 0.2) is 41.7 Å². The highest BCUT2D eigenvalue weighted by Gasteiger charge is 2.21. The molecule has 27 heavy (non-hydrogen) atoms. The van der Waals surface area contributed by atoms with Crippen molar-refractivity contribution < 1.29 is 9.59 Å². The monoisotopic (exact) mass is 398 g/mol. The van der Waals surface area contributed by atoms with Gasteiger partial charge in [0.05, 0.1) is 5.75 Å². The molecule has 3 aromatic rings. The van der Waals surface area contributed by atoms with Crippen LogP contribution in [0.4, 0.5) is 4.79 Å². The molecule has 0 spiro atoms. The summed E-state index contributed by atoms with van der Waals surface area (Å²) in [5, 5.41) is 6.95. The fourth-order valence-electron chi connectivity index (χ4n) is 3.13. The largest absolute Gasteiger partial charge is 0.334 e. The zero-order valence-corrected chi connectivity index (χ0v) is 16.2. The average Bonchev–Trinajstić information content (AvgIpc) is 3.26. The van der Waals surface area contributed by atoms with Gasteiger partial charge in [-0.05, 0) is 30.4 Å². The number of aryl methyl sites for hydroxylation is 2. The third kappa shape index (κ3) is 4.12. The lowest BCUT2D eigenvalue weighted by Crippen LogP contribution is -2.39. The van der Waals surface area contributed by atoms with Gasteiger partial charge in [-0.2, -0.15) is 0 Å². The van der Waals surface area contributed by atoms with Crippen molar-refractivity contribution in [2.45, 2.75) is 30.8 Å². The summed E-state index contributed by atoms with van der Waals surface area (Å²) < 4.78 is 0. The van der Waals surface area contributed by atoms with Crippen molar-refractivity contribution in [2.75, 3.05) is 5.75 Å². The fourth-order valence-corrected chi connectivity index (χ4v) is 5.25. The molecule has 138 valence electrons. The van der Waals surface area contributed by atoms with E-state index < -0.39 is 6.03 Å². The summed E-state index contributed by atoms with van der Waals surface area (Å²) in [6, 6.07) is 9.06. The third-order valence-corrected chi connectivity index (χ3v) is 6.54. The van der Waals surface area contributed by atoms with Crippen LogP contribution in [0.25, 0.3) is 10.2 Å². The van der Waals surface area contributed by atoms with E-state index in [-0.39, 0.29) is 11.7 Å². The van der Waals surface area contributed by atoms with E-state index in [4.69, 9.17) is 0 Å². The Morgan fingerprint density at radius 2 is 2.00 bits per heavy atom. The van der Waals surface area contributed by atoms with E-state index in [1.54, 1.807) is 17.7 Å². The van der Waals surface area contributed by atoms with Crippen LogP contribution in [-0.2, 0) is 24.2 Å². The van der Waals surface area contributed by atoms with E-state index in [1.807, 2.05) is 30.3 Å². The molecular weight excluding hydrogens is 380 g/mol.